The molecular weight excluding hydrogens is 295 g/mol. The van der Waals surface area contributed by atoms with Gasteiger partial charge in [0.05, 0.1) is 0 Å². The van der Waals surface area contributed by atoms with Crippen LogP contribution in [0, 0.1) is 5.82 Å². The van der Waals surface area contributed by atoms with Crippen molar-refractivity contribution in [3.05, 3.63) is 48.3 Å². The van der Waals surface area contributed by atoms with Gasteiger partial charge in [0.15, 0.2) is 5.58 Å². The van der Waals surface area contributed by atoms with E-state index in [1.807, 2.05) is 0 Å². The normalized spacial score (nSPS) is 10.8. The average Bonchev–Trinajstić information content (AvgIpc) is 2.90. The van der Waals surface area contributed by atoms with Gasteiger partial charge in [0, 0.05) is 17.3 Å². The maximum atomic E-state index is 13.1. The molecule has 0 aliphatic carbocycles. The molecule has 0 aliphatic heterocycles. The van der Waals surface area contributed by atoms with Crippen LogP contribution in [0.4, 0.5) is 10.1 Å². The summed E-state index contributed by atoms with van der Waals surface area (Å²) in [7, 11) is 0. The Hall–Kier alpha value is -2.40. The van der Waals surface area contributed by atoms with Gasteiger partial charge in [-0.25, -0.2) is 9.37 Å². The number of hydrogen-bond acceptors (Lipinski definition) is 3. The van der Waals surface area contributed by atoms with Crippen molar-refractivity contribution in [2.24, 2.45) is 0 Å². The number of carbonyl (C=O) groups is 1. The van der Waals surface area contributed by atoms with E-state index >= 15 is 0 Å². The zero-order valence-corrected chi connectivity index (χ0v) is 11.5. The number of hydrogen-bond donors (Lipinski definition) is 1. The standard InChI is InChI=1S/C15H10ClFN2O2/c16-8-14(20)18-11-4-1-9(2-5-11)15-19-12-7-10(17)3-6-13(12)21-15/h1-7H,8H2,(H,18,20). The zero-order valence-electron chi connectivity index (χ0n) is 10.8. The van der Waals surface area contributed by atoms with Crippen molar-refractivity contribution in [3.8, 4) is 11.5 Å². The number of nitrogens with one attached hydrogen (secondary N) is 1. The van der Waals surface area contributed by atoms with Crippen molar-refractivity contribution in [2.45, 2.75) is 0 Å². The van der Waals surface area contributed by atoms with Crippen molar-refractivity contribution in [3.63, 3.8) is 0 Å². The number of nitrogens with zero attached hydrogens (tertiary/aromatic N) is 1. The molecule has 1 aromatic heterocycles. The fourth-order valence-corrected chi connectivity index (χ4v) is 1.98. The Morgan fingerprint density at radius 3 is 2.71 bits per heavy atom. The second-order valence-electron chi connectivity index (χ2n) is 4.39. The summed E-state index contributed by atoms with van der Waals surface area (Å²) in [5.74, 6) is -0.340. The Labute approximate surface area is 124 Å². The number of aromatic nitrogens is 1. The maximum absolute atomic E-state index is 13.1. The Kier molecular flexibility index (Phi) is 3.58. The van der Waals surface area contributed by atoms with Crippen LogP contribution in [0.5, 0.6) is 0 Å². The number of alkyl halides is 1. The highest BCUT2D eigenvalue weighted by Crippen LogP contribution is 2.25. The quantitative estimate of drug-likeness (QED) is 0.749. The first-order chi connectivity index (χ1) is 10.2. The number of carbonyl (C=O) groups excluding carboxylic acids is 1. The van der Waals surface area contributed by atoms with E-state index in [4.69, 9.17) is 16.0 Å². The van der Waals surface area contributed by atoms with E-state index in [1.54, 1.807) is 24.3 Å². The molecule has 0 saturated heterocycles. The molecule has 6 heteroatoms. The minimum atomic E-state index is -0.360. The van der Waals surface area contributed by atoms with Gasteiger partial charge in [-0.2, -0.15) is 0 Å². The second kappa shape index (κ2) is 5.54. The summed E-state index contributed by atoms with van der Waals surface area (Å²) in [6, 6.07) is 11.1. The van der Waals surface area contributed by atoms with Crippen molar-refractivity contribution < 1.29 is 13.6 Å². The van der Waals surface area contributed by atoms with Crippen LogP contribution in [-0.2, 0) is 4.79 Å². The lowest BCUT2D eigenvalue weighted by molar-refractivity contribution is -0.113. The summed E-state index contributed by atoms with van der Waals surface area (Å²) in [6.07, 6.45) is 0. The topological polar surface area (TPSA) is 55.1 Å². The molecule has 0 aliphatic rings. The fraction of sp³-hybridized carbons (Fsp3) is 0.0667. The molecule has 106 valence electrons. The van der Waals surface area contributed by atoms with Crippen LogP contribution in [0.2, 0.25) is 0 Å². The van der Waals surface area contributed by atoms with Crippen LogP contribution in [0.1, 0.15) is 0 Å². The highest BCUT2D eigenvalue weighted by atomic mass is 35.5. The lowest BCUT2D eigenvalue weighted by Crippen LogP contribution is -2.12. The van der Waals surface area contributed by atoms with Gasteiger partial charge in [-0.15, -0.1) is 11.6 Å². The van der Waals surface area contributed by atoms with Crippen molar-refractivity contribution in [1.29, 1.82) is 0 Å². The third-order valence-corrected chi connectivity index (χ3v) is 3.13. The third kappa shape index (κ3) is 2.87. The van der Waals surface area contributed by atoms with Crippen LogP contribution in [-0.4, -0.2) is 16.8 Å². The molecule has 0 saturated carbocycles. The van der Waals surface area contributed by atoms with Crippen molar-refractivity contribution in [2.75, 3.05) is 11.2 Å². The number of rotatable bonds is 3. The number of oxazole rings is 1. The minimum absolute atomic E-state index is 0.0988. The van der Waals surface area contributed by atoms with Gasteiger partial charge < -0.3 is 9.73 Å². The molecule has 2 aromatic carbocycles. The van der Waals surface area contributed by atoms with Gasteiger partial charge in [-0.1, -0.05) is 0 Å². The summed E-state index contributed by atoms with van der Waals surface area (Å²) in [5, 5.41) is 2.63. The van der Waals surface area contributed by atoms with E-state index < -0.39 is 0 Å². The molecule has 3 rings (SSSR count). The van der Waals surface area contributed by atoms with E-state index in [0.29, 0.717) is 22.7 Å². The highest BCUT2D eigenvalue weighted by Gasteiger charge is 2.09. The lowest BCUT2D eigenvalue weighted by atomic mass is 10.2. The van der Waals surface area contributed by atoms with Crippen molar-refractivity contribution in [1.82, 2.24) is 4.98 Å². The largest absolute Gasteiger partial charge is 0.436 e. The first-order valence-corrected chi connectivity index (χ1v) is 6.71. The van der Waals surface area contributed by atoms with E-state index in [9.17, 15) is 9.18 Å². The Bertz CT molecular complexity index is 799. The second-order valence-corrected chi connectivity index (χ2v) is 4.66. The highest BCUT2D eigenvalue weighted by molar-refractivity contribution is 6.29. The Morgan fingerprint density at radius 1 is 1.24 bits per heavy atom. The summed E-state index contributed by atoms with van der Waals surface area (Å²) in [4.78, 5) is 15.4. The van der Waals surface area contributed by atoms with Gasteiger partial charge in [0.25, 0.3) is 0 Å². The Balaban J connectivity index is 1.90. The monoisotopic (exact) mass is 304 g/mol. The molecule has 1 N–H and O–H groups in total. The van der Waals surface area contributed by atoms with Gasteiger partial charge in [-0.05, 0) is 36.4 Å². The first-order valence-electron chi connectivity index (χ1n) is 6.18. The third-order valence-electron chi connectivity index (χ3n) is 2.89. The smallest absolute Gasteiger partial charge is 0.239 e. The molecule has 3 aromatic rings. The summed E-state index contributed by atoms with van der Waals surface area (Å²) in [6.45, 7) is 0. The molecule has 21 heavy (non-hydrogen) atoms. The number of amides is 1. The molecular formula is C15H10ClFN2O2. The van der Waals surface area contributed by atoms with Crippen LogP contribution < -0.4 is 5.32 Å². The predicted molar refractivity (Wildman–Crippen MR) is 78.8 cm³/mol. The average molecular weight is 305 g/mol. The fourth-order valence-electron chi connectivity index (χ4n) is 1.91. The first kappa shape index (κ1) is 13.6. The molecule has 0 fully saturated rings. The van der Waals surface area contributed by atoms with E-state index in [-0.39, 0.29) is 17.6 Å². The number of halogens is 2. The molecule has 0 atom stereocenters. The van der Waals surface area contributed by atoms with Crippen LogP contribution >= 0.6 is 11.6 Å². The van der Waals surface area contributed by atoms with Crippen molar-refractivity contribution >= 4 is 34.3 Å². The molecule has 1 heterocycles. The summed E-state index contributed by atoms with van der Waals surface area (Å²) >= 11 is 5.42. The van der Waals surface area contributed by atoms with Gasteiger partial charge in [0.2, 0.25) is 11.8 Å². The molecule has 0 radical (unpaired) electrons. The van der Waals surface area contributed by atoms with Crippen LogP contribution in [0.3, 0.4) is 0 Å². The van der Waals surface area contributed by atoms with Gasteiger partial charge >= 0.3 is 0 Å². The zero-order chi connectivity index (χ0) is 14.8. The number of anilines is 1. The van der Waals surface area contributed by atoms with E-state index in [1.165, 1.54) is 18.2 Å². The predicted octanol–water partition coefficient (Wildman–Crippen LogP) is 3.81. The molecule has 0 spiro atoms. The number of fused-ring (bicyclic) bond motifs is 1. The van der Waals surface area contributed by atoms with Crippen LogP contribution in [0.25, 0.3) is 22.6 Å². The lowest BCUT2D eigenvalue weighted by Gasteiger charge is -2.03. The summed E-state index contributed by atoms with van der Waals surface area (Å²) < 4.78 is 18.7. The molecule has 0 bridgehead atoms. The summed E-state index contributed by atoms with van der Waals surface area (Å²) in [5.41, 5.74) is 2.34. The van der Waals surface area contributed by atoms with E-state index in [2.05, 4.69) is 10.3 Å². The molecule has 1 amide bonds. The SMILES string of the molecule is O=C(CCl)Nc1ccc(-c2nc3cc(F)ccc3o2)cc1. The Morgan fingerprint density at radius 2 is 2.00 bits per heavy atom. The van der Waals surface area contributed by atoms with Crippen LogP contribution in [0.15, 0.2) is 46.9 Å². The van der Waals surface area contributed by atoms with E-state index in [0.717, 1.165) is 5.56 Å². The van der Waals surface area contributed by atoms with Gasteiger partial charge in [-0.3, -0.25) is 4.79 Å². The minimum Gasteiger partial charge on any atom is -0.436 e. The maximum Gasteiger partial charge on any atom is 0.239 e. The number of benzene rings is 2. The van der Waals surface area contributed by atoms with Gasteiger partial charge in [0.1, 0.15) is 17.2 Å². The molecule has 4 nitrogen and oxygen atoms in total. The molecule has 0 unspecified atom stereocenters.